The highest BCUT2D eigenvalue weighted by molar-refractivity contribution is 6.23. The third-order valence-corrected chi connectivity index (χ3v) is 2.12. The molecule has 0 saturated heterocycles. The second kappa shape index (κ2) is 4.28. The molecule has 0 N–H and O–H groups in total. The summed E-state index contributed by atoms with van der Waals surface area (Å²) in [6, 6.07) is 1.97. The Morgan fingerprint density at radius 1 is 1.69 bits per heavy atom. The molecule has 1 rings (SSSR count). The standard InChI is InChI=1S/C10H12ClNO/c1-7-4-9(8(2)5-11)6-12-10(7)13-3/h4,6H,2,5H2,1,3H3. The molecular formula is C10H12ClNO. The van der Waals surface area contributed by atoms with Crippen molar-refractivity contribution >= 4 is 17.2 Å². The fourth-order valence-corrected chi connectivity index (χ4v) is 1.20. The first-order valence-corrected chi connectivity index (χ1v) is 4.47. The number of nitrogens with zero attached hydrogens (tertiary/aromatic N) is 1. The number of halogens is 1. The summed E-state index contributed by atoms with van der Waals surface area (Å²) in [7, 11) is 1.60. The van der Waals surface area contributed by atoms with Gasteiger partial charge in [-0.05, 0) is 24.1 Å². The van der Waals surface area contributed by atoms with Gasteiger partial charge in [-0.15, -0.1) is 11.6 Å². The molecule has 0 aromatic carbocycles. The first kappa shape index (κ1) is 10.1. The Morgan fingerprint density at radius 2 is 2.38 bits per heavy atom. The molecule has 70 valence electrons. The van der Waals surface area contributed by atoms with Gasteiger partial charge in [0.05, 0.1) is 7.11 Å². The maximum Gasteiger partial charge on any atom is 0.215 e. The van der Waals surface area contributed by atoms with E-state index in [2.05, 4.69) is 11.6 Å². The van der Waals surface area contributed by atoms with Crippen molar-refractivity contribution in [2.45, 2.75) is 6.92 Å². The van der Waals surface area contributed by atoms with Crippen LogP contribution in [0, 0.1) is 6.92 Å². The van der Waals surface area contributed by atoms with E-state index in [1.54, 1.807) is 13.3 Å². The van der Waals surface area contributed by atoms with Gasteiger partial charge < -0.3 is 4.74 Å². The molecule has 0 fully saturated rings. The zero-order chi connectivity index (χ0) is 9.84. The van der Waals surface area contributed by atoms with Crippen molar-refractivity contribution in [3.05, 3.63) is 30.0 Å². The highest BCUT2D eigenvalue weighted by Gasteiger charge is 2.03. The van der Waals surface area contributed by atoms with Crippen LogP contribution in [0.25, 0.3) is 5.57 Å². The zero-order valence-corrected chi connectivity index (χ0v) is 8.56. The molecule has 0 radical (unpaired) electrons. The molecule has 0 aliphatic heterocycles. The number of rotatable bonds is 3. The third-order valence-electron chi connectivity index (χ3n) is 1.79. The van der Waals surface area contributed by atoms with E-state index in [1.165, 1.54) is 0 Å². The number of allylic oxidation sites excluding steroid dienone is 1. The topological polar surface area (TPSA) is 22.1 Å². The van der Waals surface area contributed by atoms with Crippen molar-refractivity contribution in [3.63, 3.8) is 0 Å². The van der Waals surface area contributed by atoms with Crippen LogP contribution < -0.4 is 4.74 Å². The first-order chi connectivity index (χ1) is 6.19. The van der Waals surface area contributed by atoms with Gasteiger partial charge in [0.25, 0.3) is 0 Å². The monoisotopic (exact) mass is 197 g/mol. The smallest absolute Gasteiger partial charge is 0.215 e. The fraction of sp³-hybridized carbons (Fsp3) is 0.300. The third kappa shape index (κ3) is 2.22. The Balaban J connectivity index is 3.02. The predicted octanol–water partition coefficient (Wildman–Crippen LogP) is 2.65. The molecule has 1 aromatic rings. The van der Waals surface area contributed by atoms with Crippen molar-refractivity contribution in [1.82, 2.24) is 4.98 Å². The lowest BCUT2D eigenvalue weighted by Gasteiger charge is -2.06. The molecule has 0 atom stereocenters. The molecule has 0 spiro atoms. The van der Waals surface area contributed by atoms with Gasteiger partial charge in [0.2, 0.25) is 5.88 Å². The van der Waals surface area contributed by atoms with Crippen molar-refractivity contribution in [2.24, 2.45) is 0 Å². The van der Waals surface area contributed by atoms with Crippen molar-refractivity contribution in [1.29, 1.82) is 0 Å². The Morgan fingerprint density at radius 3 is 2.85 bits per heavy atom. The number of aryl methyl sites for hydroxylation is 1. The molecule has 2 nitrogen and oxygen atoms in total. The summed E-state index contributed by atoms with van der Waals surface area (Å²) in [4.78, 5) is 4.12. The summed E-state index contributed by atoms with van der Waals surface area (Å²) in [5.41, 5.74) is 2.83. The Bertz CT molecular complexity index is 323. The lowest BCUT2D eigenvalue weighted by molar-refractivity contribution is 0.394. The molecule has 1 aromatic heterocycles. The molecule has 0 unspecified atom stereocenters. The molecule has 0 saturated carbocycles. The van der Waals surface area contributed by atoms with Crippen LogP contribution in [0.2, 0.25) is 0 Å². The van der Waals surface area contributed by atoms with Crippen LogP contribution in [0.5, 0.6) is 5.88 Å². The van der Waals surface area contributed by atoms with Crippen LogP contribution in [-0.2, 0) is 0 Å². The highest BCUT2D eigenvalue weighted by atomic mass is 35.5. The molecule has 0 bridgehead atoms. The van der Waals surface area contributed by atoms with E-state index in [-0.39, 0.29) is 0 Å². The molecule has 3 heteroatoms. The van der Waals surface area contributed by atoms with Gasteiger partial charge in [0, 0.05) is 17.6 Å². The van der Waals surface area contributed by atoms with Gasteiger partial charge in [0.1, 0.15) is 0 Å². The number of hydrogen-bond donors (Lipinski definition) is 0. The number of ether oxygens (including phenoxy) is 1. The van der Waals surface area contributed by atoms with Crippen LogP contribution in [0.1, 0.15) is 11.1 Å². The second-order valence-corrected chi connectivity index (χ2v) is 3.05. The van der Waals surface area contributed by atoms with Crippen molar-refractivity contribution < 1.29 is 4.74 Å². The summed E-state index contributed by atoms with van der Waals surface area (Å²) in [6.07, 6.45) is 1.72. The summed E-state index contributed by atoms with van der Waals surface area (Å²) in [6.45, 7) is 5.77. The van der Waals surface area contributed by atoms with Gasteiger partial charge in [-0.2, -0.15) is 0 Å². The normalized spacial score (nSPS) is 9.77. The SMILES string of the molecule is C=C(CCl)c1cnc(OC)c(C)c1. The average molecular weight is 198 g/mol. The number of alkyl halides is 1. The average Bonchev–Trinajstić information content (AvgIpc) is 2.16. The molecular weight excluding hydrogens is 186 g/mol. The van der Waals surface area contributed by atoms with Gasteiger partial charge in [-0.25, -0.2) is 4.98 Å². The number of pyridine rings is 1. The molecule has 0 aliphatic carbocycles. The zero-order valence-electron chi connectivity index (χ0n) is 7.80. The van der Waals surface area contributed by atoms with E-state index in [0.717, 1.165) is 16.7 Å². The fourth-order valence-electron chi connectivity index (χ4n) is 1.05. The van der Waals surface area contributed by atoms with Crippen LogP contribution in [0.4, 0.5) is 0 Å². The van der Waals surface area contributed by atoms with Crippen molar-refractivity contribution in [2.75, 3.05) is 13.0 Å². The summed E-state index contributed by atoms with van der Waals surface area (Å²) in [5, 5.41) is 0. The Kier molecular flexibility index (Phi) is 3.32. The van der Waals surface area contributed by atoms with E-state index < -0.39 is 0 Å². The van der Waals surface area contributed by atoms with Crippen LogP contribution in [0.3, 0.4) is 0 Å². The molecule has 13 heavy (non-hydrogen) atoms. The maximum atomic E-state index is 5.65. The minimum Gasteiger partial charge on any atom is -0.481 e. The van der Waals surface area contributed by atoms with Gasteiger partial charge in [0.15, 0.2) is 0 Å². The highest BCUT2D eigenvalue weighted by Crippen LogP contribution is 2.19. The maximum absolute atomic E-state index is 5.65. The second-order valence-electron chi connectivity index (χ2n) is 2.79. The summed E-state index contributed by atoms with van der Waals surface area (Å²) >= 11 is 5.65. The minimum atomic E-state index is 0.424. The number of hydrogen-bond acceptors (Lipinski definition) is 2. The largest absolute Gasteiger partial charge is 0.481 e. The first-order valence-electron chi connectivity index (χ1n) is 3.93. The number of methoxy groups -OCH3 is 1. The van der Waals surface area contributed by atoms with Crippen LogP contribution in [0.15, 0.2) is 18.8 Å². The summed E-state index contributed by atoms with van der Waals surface area (Å²) < 4.78 is 5.04. The Labute approximate surface area is 83.2 Å². The van der Waals surface area contributed by atoms with E-state index in [4.69, 9.17) is 16.3 Å². The molecule has 0 aliphatic rings. The van der Waals surface area contributed by atoms with Crippen LogP contribution in [-0.4, -0.2) is 18.0 Å². The van der Waals surface area contributed by atoms with E-state index in [9.17, 15) is 0 Å². The van der Waals surface area contributed by atoms with E-state index in [1.807, 2.05) is 13.0 Å². The van der Waals surface area contributed by atoms with Gasteiger partial charge in [-0.1, -0.05) is 6.58 Å². The molecule has 1 heterocycles. The van der Waals surface area contributed by atoms with Gasteiger partial charge >= 0.3 is 0 Å². The van der Waals surface area contributed by atoms with E-state index >= 15 is 0 Å². The quantitative estimate of drug-likeness (QED) is 0.696. The van der Waals surface area contributed by atoms with Gasteiger partial charge in [-0.3, -0.25) is 0 Å². The minimum absolute atomic E-state index is 0.424. The lowest BCUT2D eigenvalue weighted by Crippen LogP contribution is -1.93. The van der Waals surface area contributed by atoms with Crippen LogP contribution >= 0.6 is 11.6 Å². The predicted molar refractivity (Wildman–Crippen MR) is 55.3 cm³/mol. The van der Waals surface area contributed by atoms with E-state index in [0.29, 0.717) is 11.8 Å². The lowest BCUT2D eigenvalue weighted by atomic mass is 10.1. The summed E-state index contributed by atoms with van der Waals surface area (Å²) in [5.74, 6) is 1.07. The number of aromatic nitrogens is 1. The molecule has 0 amide bonds. The van der Waals surface area contributed by atoms with Crippen molar-refractivity contribution in [3.8, 4) is 5.88 Å². The Hall–Kier alpha value is -1.02.